The van der Waals surface area contributed by atoms with Crippen LogP contribution in [0.5, 0.6) is 0 Å². The Kier molecular flexibility index (Phi) is 4.13. The van der Waals surface area contributed by atoms with Gasteiger partial charge in [-0.25, -0.2) is 13.1 Å². The van der Waals surface area contributed by atoms with Gasteiger partial charge in [0.25, 0.3) is 0 Å². The molecule has 0 aromatic heterocycles. The quantitative estimate of drug-likeness (QED) is 0.888. The van der Waals surface area contributed by atoms with Gasteiger partial charge in [0, 0.05) is 5.02 Å². The maximum absolute atomic E-state index is 11.7. The largest absolute Gasteiger partial charge is 0.218 e. The fourth-order valence-electron chi connectivity index (χ4n) is 1.45. The Morgan fingerprint density at radius 2 is 1.87 bits per heavy atom. The highest BCUT2D eigenvalue weighted by molar-refractivity contribution is 7.89. The van der Waals surface area contributed by atoms with Crippen LogP contribution in [0.4, 0.5) is 0 Å². The molecule has 0 saturated heterocycles. The first kappa shape index (κ1) is 12.5. The summed E-state index contributed by atoms with van der Waals surface area (Å²) in [6.07, 6.45) is 0.533. The van der Waals surface area contributed by atoms with Crippen LogP contribution in [-0.4, -0.2) is 15.5 Å². The summed E-state index contributed by atoms with van der Waals surface area (Å²) in [7, 11) is -1.84. The maximum Gasteiger partial charge on any atom is 0.218 e. The van der Waals surface area contributed by atoms with Crippen molar-refractivity contribution in [1.29, 1.82) is 0 Å². The molecule has 1 N–H and O–H groups in total. The van der Waals surface area contributed by atoms with E-state index in [-0.39, 0.29) is 0 Å². The summed E-state index contributed by atoms with van der Waals surface area (Å²) < 4.78 is 25.7. The highest BCUT2D eigenvalue weighted by Crippen LogP contribution is 2.25. The molecule has 0 aliphatic rings. The second kappa shape index (κ2) is 4.96. The summed E-state index contributed by atoms with van der Waals surface area (Å²) in [6.45, 7) is 1.84. The highest BCUT2D eigenvalue weighted by atomic mass is 35.5. The van der Waals surface area contributed by atoms with Crippen LogP contribution in [0, 0.1) is 0 Å². The van der Waals surface area contributed by atoms with E-state index >= 15 is 0 Å². The number of benzene rings is 1. The first-order valence-electron chi connectivity index (χ1n) is 4.69. The van der Waals surface area contributed by atoms with Crippen molar-refractivity contribution in [1.82, 2.24) is 4.72 Å². The standard InChI is InChI=1S/C10H14ClNO2S/c1-3-10(15(13,14)12-2)8-4-6-9(11)7-5-8/h4-7,10,12H,3H2,1-2H3. The van der Waals surface area contributed by atoms with Gasteiger partial charge in [0.05, 0.1) is 0 Å². The zero-order chi connectivity index (χ0) is 11.5. The maximum atomic E-state index is 11.7. The highest BCUT2D eigenvalue weighted by Gasteiger charge is 2.23. The van der Waals surface area contributed by atoms with Crippen LogP contribution < -0.4 is 4.72 Å². The molecule has 1 rings (SSSR count). The topological polar surface area (TPSA) is 46.2 Å². The van der Waals surface area contributed by atoms with Crippen molar-refractivity contribution in [2.75, 3.05) is 7.05 Å². The minimum Gasteiger partial charge on any atom is -0.218 e. The second-order valence-corrected chi connectivity index (χ2v) is 5.70. The first-order chi connectivity index (χ1) is 7.01. The molecular formula is C10H14ClNO2S. The molecule has 5 heteroatoms. The molecule has 0 aliphatic carbocycles. The van der Waals surface area contributed by atoms with Gasteiger partial charge in [0.2, 0.25) is 10.0 Å². The molecule has 0 radical (unpaired) electrons. The molecule has 0 aliphatic heterocycles. The lowest BCUT2D eigenvalue weighted by molar-refractivity contribution is 0.571. The van der Waals surface area contributed by atoms with E-state index in [4.69, 9.17) is 11.6 Å². The summed E-state index contributed by atoms with van der Waals surface area (Å²) in [5.41, 5.74) is 0.760. The van der Waals surface area contributed by atoms with Crippen LogP contribution in [0.3, 0.4) is 0 Å². The van der Waals surface area contributed by atoms with Gasteiger partial charge < -0.3 is 0 Å². The van der Waals surface area contributed by atoms with Gasteiger partial charge in [-0.1, -0.05) is 30.7 Å². The van der Waals surface area contributed by atoms with E-state index in [2.05, 4.69) is 4.72 Å². The molecule has 0 bridgehead atoms. The third kappa shape index (κ3) is 2.93. The zero-order valence-corrected chi connectivity index (χ0v) is 10.3. The van der Waals surface area contributed by atoms with Crippen molar-refractivity contribution >= 4 is 21.6 Å². The predicted molar refractivity (Wildman–Crippen MR) is 62.5 cm³/mol. The number of hydrogen-bond acceptors (Lipinski definition) is 2. The summed E-state index contributed by atoms with van der Waals surface area (Å²) in [5.74, 6) is 0. The van der Waals surface area contributed by atoms with Crippen LogP contribution in [0.15, 0.2) is 24.3 Å². The zero-order valence-electron chi connectivity index (χ0n) is 8.70. The molecule has 0 fully saturated rings. The van der Waals surface area contributed by atoms with Crippen LogP contribution in [0.25, 0.3) is 0 Å². The van der Waals surface area contributed by atoms with Crippen molar-refractivity contribution in [3.8, 4) is 0 Å². The molecular weight excluding hydrogens is 234 g/mol. The van der Waals surface area contributed by atoms with Gasteiger partial charge in [-0.3, -0.25) is 0 Å². The summed E-state index contributed by atoms with van der Waals surface area (Å²) >= 11 is 5.74. The van der Waals surface area contributed by atoms with E-state index in [0.717, 1.165) is 5.56 Å². The third-order valence-corrected chi connectivity index (χ3v) is 4.45. The van der Waals surface area contributed by atoms with Crippen LogP contribution in [0.2, 0.25) is 5.02 Å². The summed E-state index contributed by atoms with van der Waals surface area (Å²) in [5, 5.41) is 0.0928. The number of halogens is 1. The summed E-state index contributed by atoms with van der Waals surface area (Å²) in [6, 6.07) is 6.88. The molecule has 1 aromatic carbocycles. The average Bonchev–Trinajstić information content (AvgIpc) is 2.22. The molecule has 3 nitrogen and oxygen atoms in total. The Bertz CT molecular complexity index is 414. The Balaban J connectivity index is 3.09. The van der Waals surface area contributed by atoms with Crippen LogP contribution in [0.1, 0.15) is 24.2 Å². The van der Waals surface area contributed by atoms with E-state index in [0.29, 0.717) is 11.4 Å². The fraction of sp³-hybridized carbons (Fsp3) is 0.400. The third-order valence-electron chi connectivity index (χ3n) is 2.27. The van der Waals surface area contributed by atoms with E-state index in [1.54, 1.807) is 24.3 Å². The molecule has 1 atom stereocenters. The van der Waals surface area contributed by atoms with Gasteiger partial charge in [-0.2, -0.15) is 0 Å². The van der Waals surface area contributed by atoms with Gasteiger partial charge in [0.15, 0.2) is 0 Å². The SMILES string of the molecule is CCC(c1ccc(Cl)cc1)S(=O)(=O)NC. The number of sulfonamides is 1. The Hall–Kier alpha value is -0.580. The van der Waals surface area contributed by atoms with E-state index in [9.17, 15) is 8.42 Å². The molecule has 1 aromatic rings. The fourth-order valence-corrected chi connectivity index (χ4v) is 2.82. The Morgan fingerprint density at radius 3 is 2.27 bits per heavy atom. The first-order valence-corrected chi connectivity index (χ1v) is 6.61. The molecule has 84 valence electrons. The minimum absolute atomic E-state index is 0.514. The number of hydrogen-bond donors (Lipinski definition) is 1. The Labute approximate surface area is 95.5 Å². The normalized spacial score (nSPS) is 13.8. The number of nitrogens with one attached hydrogen (secondary N) is 1. The lowest BCUT2D eigenvalue weighted by Crippen LogP contribution is -2.25. The van der Waals surface area contributed by atoms with Crippen molar-refractivity contribution in [3.63, 3.8) is 0 Å². The van der Waals surface area contributed by atoms with E-state index in [1.807, 2.05) is 6.92 Å². The predicted octanol–water partition coefficient (Wildman–Crippen LogP) is 2.34. The van der Waals surface area contributed by atoms with Crippen molar-refractivity contribution in [2.24, 2.45) is 0 Å². The monoisotopic (exact) mass is 247 g/mol. The van der Waals surface area contributed by atoms with Crippen molar-refractivity contribution < 1.29 is 8.42 Å². The molecule has 1 unspecified atom stereocenters. The van der Waals surface area contributed by atoms with E-state index in [1.165, 1.54) is 7.05 Å². The van der Waals surface area contributed by atoms with Gasteiger partial charge >= 0.3 is 0 Å². The van der Waals surface area contributed by atoms with Gasteiger partial charge in [-0.05, 0) is 31.2 Å². The van der Waals surface area contributed by atoms with Crippen LogP contribution >= 0.6 is 11.6 Å². The smallest absolute Gasteiger partial charge is 0.218 e. The average molecular weight is 248 g/mol. The summed E-state index contributed by atoms with van der Waals surface area (Å²) in [4.78, 5) is 0. The van der Waals surface area contributed by atoms with Gasteiger partial charge in [-0.15, -0.1) is 0 Å². The lowest BCUT2D eigenvalue weighted by Gasteiger charge is -2.15. The molecule has 0 amide bonds. The number of rotatable bonds is 4. The van der Waals surface area contributed by atoms with Gasteiger partial charge in [0.1, 0.15) is 5.25 Å². The molecule has 15 heavy (non-hydrogen) atoms. The van der Waals surface area contributed by atoms with E-state index < -0.39 is 15.3 Å². The Morgan fingerprint density at radius 1 is 1.33 bits per heavy atom. The van der Waals surface area contributed by atoms with Crippen molar-refractivity contribution in [3.05, 3.63) is 34.9 Å². The molecule has 0 saturated carbocycles. The molecule has 0 spiro atoms. The minimum atomic E-state index is -3.27. The van der Waals surface area contributed by atoms with Crippen LogP contribution in [-0.2, 0) is 10.0 Å². The van der Waals surface area contributed by atoms with Crippen molar-refractivity contribution in [2.45, 2.75) is 18.6 Å². The lowest BCUT2D eigenvalue weighted by atomic mass is 10.1. The second-order valence-electron chi connectivity index (χ2n) is 3.20. The molecule has 0 heterocycles.